The number of nitrogens with one attached hydrogen (secondary N) is 1. The van der Waals surface area contributed by atoms with Crippen molar-refractivity contribution in [3.05, 3.63) is 53.1 Å². The van der Waals surface area contributed by atoms with Gasteiger partial charge in [0, 0.05) is 16.6 Å². The molecule has 5 nitrogen and oxygen atoms in total. The predicted octanol–water partition coefficient (Wildman–Crippen LogP) is 4.26. The molecule has 0 bridgehead atoms. The van der Waals surface area contributed by atoms with Crippen molar-refractivity contribution in [1.29, 1.82) is 0 Å². The van der Waals surface area contributed by atoms with Crippen LogP contribution in [0, 0.1) is 0 Å². The summed E-state index contributed by atoms with van der Waals surface area (Å²) in [6.45, 7) is 1.84. The van der Waals surface area contributed by atoms with Crippen LogP contribution in [0.2, 0.25) is 5.02 Å². The fourth-order valence-corrected chi connectivity index (χ4v) is 2.66. The van der Waals surface area contributed by atoms with E-state index in [1.54, 1.807) is 43.3 Å². The van der Waals surface area contributed by atoms with E-state index in [1.807, 2.05) is 12.3 Å². The lowest BCUT2D eigenvalue weighted by Crippen LogP contribution is -2.15. The summed E-state index contributed by atoms with van der Waals surface area (Å²) in [5.74, 6) is -0.309. The quantitative estimate of drug-likeness (QED) is 0.575. The number of rotatable bonds is 7. The van der Waals surface area contributed by atoms with Gasteiger partial charge in [0.15, 0.2) is 6.61 Å². The lowest BCUT2D eigenvalue weighted by atomic mass is 10.2. The van der Waals surface area contributed by atoms with Crippen LogP contribution in [-0.2, 0) is 9.53 Å². The molecule has 0 aliphatic rings. The Kier molecular flexibility index (Phi) is 7.16. The molecule has 1 amide bonds. The van der Waals surface area contributed by atoms with E-state index in [1.165, 1.54) is 11.8 Å². The average Bonchev–Trinajstić information content (AvgIpc) is 2.61. The molecule has 0 saturated heterocycles. The van der Waals surface area contributed by atoms with Gasteiger partial charge in [0.1, 0.15) is 5.75 Å². The minimum Gasteiger partial charge on any atom is -0.482 e. The van der Waals surface area contributed by atoms with Crippen LogP contribution < -0.4 is 10.1 Å². The SMILES string of the molecule is CCOC(=O)COc1cccc(NC(=O)c2cc(SC)ccc2Cl)c1. The van der Waals surface area contributed by atoms with Crippen molar-refractivity contribution in [3.8, 4) is 5.75 Å². The van der Waals surface area contributed by atoms with Gasteiger partial charge in [-0.1, -0.05) is 17.7 Å². The number of carbonyl (C=O) groups is 2. The van der Waals surface area contributed by atoms with Crippen LogP contribution in [0.1, 0.15) is 17.3 Å². The number of thioether (sulfide) groups is 1. The standard InChI is InChI=1S/C18H18ClNO4S/c1-3-23-17(21)11-24-13-6-4-5-12(9-13)20-18(22)15-10-14(25-2)7-8-16(15)19/h4-10H,3,11H2,1-2H3,(H,20,22). The first-order valence-electron chi connectivity index (χ1n) is 7.57. The highest BCUT2D eigenvalue weighted by Gasteiger charge is 2.12. The molecule has 7 heteroatoms. The number of halogens is 1. The fraction of sp³-hybridized carbons (Fsp3) is 0.222. The molecule has 25 heavy (non-hydrogen) atoms. The zero-order chi connectivity index (χ0) is 18.2. The number of anilines is 1. The topological polar surface area (TPSA) is 64.6 Å². The molecule has 2 aromatic carbocycles. The normalized spacial score (nSPS) is 10.2. The van der Waals surface area contributed by atoms with Gasteiger partial charge in [0.25, 0.3) is 5.91 Å². The van der Waals surface area contributed by atoms with Gasteiger partial charge in [0.05, 0.1) is 17.2 Å². The Balaban J connectivity index is 2.06. The maximum Gasteiger partial charge on any atom is 0.344 e. The van der Waals surface area contributed by atoms with Crippen molar-refractivity contribution in [2.45, 2.75) is 11.8 Å². The molecule has 0 heterocycles. The maximum atomic E-state index is 12.4. The van der Waals surface area contributed by atoms with E-state index < -0.39 is 5.97 Å². The third kappa shape index (κ3) is 5.69. The molecule has 0 atom stereocenters. The number of hydrogen-bond donors (Lipinski definition) is 1. The van der Waals surface area contributed by atoms with E-state index in [0.29, 0.717) is 28.6 Å². The van der Waals surface area contributed by atoms with Gasteiger partial charge in [0.2, 0.25) is 0 Å². The first kappa shape index (κ1) is 19.1. The lowest BCUT2D eigenvalue weighted by Gasteiger charge is -2.10. The van der Waals surface area contributed by atoms with E-state index in [-0.39, 0.29) is 12.5 Å². The Morgan fingerprint density at radius 2 is 2.00 bits per heavy atom. The number of benzene rings is 2. The third-order valence-corrected chi connectivity index (χ3v) is 4.23. The molecule has 1 N–H and O–H groups in total. The van der Waals surface area contributed by atoms with E-state index in [4.69, 9.17) is 21.1 Å². The molecule has 0 aromatic heterocycles. The molecule has 2 aromatic rings. The average molecular weight is 380 g/mol. The second-order valence-electron chi connectivity index (χ2n) is 4.92. The van der Waals surface area contributed by atoms with Crippen LogP contribution in [0.15, 0.2) is 47.4 Å². The van der Waals surface area contributed by atoms with Gasteiger partial charge >= 0.3 is 5.97 Å². The van der Waals surface area contributed by atoms with E-state index in [2.05, 4.69) is 5.32 Å². The van der Waals surface area contributed by atoms with Gasteiger partial charge < -0.3 is 14.8 Å². The first-order chi connectivity index (χ1) is 12.0. The second kappa shape index (κ2) is 9.34. The molecule has 0 aliphatic carbocycles. The number of carbonyl (C=O) groups excluding carboxylic acids is 2. The zero-order valence-corrected chi connectivity index (χ0v) is 15.4. The molecule has 0 spiro atoms. The largest absolute Gasteiger partial charge is 0.482 e. The van der Waals surface area contributed by atoms with Crippen molar-refractivity contribution in [2.75, 3.05) is 24.8 Å². The van der Waals surface area contributed by atoms with Gasteiger partial charge in [-0.25, -0.2) is 4.79 Å². The van der Waals surface area contributed by atoms with Crippen molar-refractivity contribution in [2.24, 2.45) is 0 Å². The molecule has 0 aliphatic heterocycles. The summed E-state index contributed by atoms with van der Waals surface area (Å²) in [4.78, 5) is 24.7. The summed E-state index contributed by atoms with van der Waals surface area (Å²) in [5, 5.41) is 3.15. The third-order valence-electron chi connectivity index (χ3n) is 3.17. The molecule has 0 saturated carbocycles. The zero-order valence-electron chi connectivity index (χ0n) is 13.9. The Morgan fingerprint density at radius 3 is 2.72 bits per heavy atom. The number of amides is 1. The Labute approximate surface area is 155 Å². The monoisotopic (exact) mass is 379 g/mol. The summed E-state index contributed by atoms with van der Waals surface area (Å²) in [5.41, 5.74) is 0.934. The number of hydrogen-bond acceptors (Lipinski definition) is 5. The Morgan fingerprint density at radius 1 is 1.20 bits per heavy atom. The summed E-state index contributed by atoms with van der Waals surface area (Å²) in [6.07, 6.45) is 1.93. The lowest BCUT2D eigenvalue weighted by molar-refractivity contribution is -0.145. The first-order valence-corrected chi connectivity index (χ1v) is 9.17. The maximum absolute atomic E-state index is 12.4. The summed E-state index contributed by atoms with van der Waals surface area (Å²) in [6, 6.07) is 12.1. The molecular weight excluding hydrogens is 362 g/mol. The Hall–Kier alpha value is -2.18. The summed E-state index contributed by atoms with van der Waals surface area (Å²) in [7, 11) is 0. The number of esters is 1. The second-order valence-corrected chi connectivity index (χ2v) is 6.21. The highest BCUT2D eigenvalue weighted by molar-refractivity contribution is 7.98. The molecule has 0 fully saturated rings. The van der Waals surface area contributed by atoms with E-state index in [0.717, 1.165) is 4.90 Å². The predicted molar refractivity (Wildman–Crippen MR) is 99.8 cm³/mol. The van der Waals surface area contributed by atoms with E-state index >= 15 is 0 Å². The van der Waals surface area contributed by atoms with Crippen LogP contribution in [-0.4, -0.2) is 31.3 Å². The van der Waals surface area contributed by atoms with Gasteiger partial charge in [-0.15, -0.1) is 11.8 Å². The molecule has 0 unspecified atom stereocenters. The highest BCUT2D eigenvalue weighted by atomic mass is 35.5. The van der Waals surface area contributed by atoms with Crippen LogP contribution in [0.4, 0.5) is 5.69 Å². The van der Waals surface area contributed by atoms with E-state index in [9.17, 15) is 9.59 Å². The van der Waals surface area contributed by atoms with Crippen molar-refractivity contribution in [3.63, 3.8) is 0 Å². The van der Waals surface area contributed by atoms with Crippen molar-refractivity contribution < 1.29 is 19.1 Å². The molecule has 2 rings (SSSR count). The summed E-state index contributed by atoms with van der Waals surface area (Å²) < 4.78 is 10.2. The Bertz CT molecular complexity index is 766. The van der Waals surface area contributed by atoms with Crippen LogP contribution >= 0.6 is 23.4 Å². The minimum atomic E-state index is -0.447. The van der Waals surface area contributed by atoms with Gasteiger partial charge in [-0.2, -0.15) is 0 Å². The molecule has 132 valence electrons. The van der Waals surface area contributed by atoms with Crippen molar-refractivity contribution in [1.82, 2.24) is 0 Å². The summed E-state index contributed by atoms with van der Waals surface area (Å²) >= 11 is 7.64. The van der Waals surface area contributed by atoms with Crippen LogP contribution in [0.25, 0.3) is 0 Å². The fourth-order valence-electron chi connectivity index (χ4n) is 2.01. The van der Waals surface area contributed by atoms with Crippen LogP contribution in [0.3, 0.4) is 0 Å². The van der Waals surface area contributed by atoms with Crippen LogP contribution in [0.5, 0.6) is 5.75 Å². The highest BCUT2D eigenvalue weighted by Crippen LogP contribution is 2.25. The minimum absolute atomic E-state index is 0.188. The molecule has 0 radical (unpaired) electrons. The van der Waals surface area contributed by atoms with Gasteiger partial charge in [-0.3, -0.25) is 4.79 Å². The molecular formula is C18H18ClNO4S. The smallest absolute Gasteiger partial charge is 0.344 e. The number of ether oxygens (including phenoxy) is 2. The van der Waals surface area contributed by atoms with Crippen molar-refractivity contribution >= 4 is 40.9 Å². The van der Waals surface area contributed by atoms with Gasteiger partial charge in [-0.05, 0) is 43.5 Å².